The fourth-order valence-corrected chi connectivity index (χ4v) is 2.79. The summed E-state index contributed by atoms with van der Waals surface area (Å²) in [6.07, 6.45) is 1.16. The summed E-state index contributed by atoms with van der Waals surface area (Å²) in [5, 5.41) is 5.81. The van der Waals surface area contributed by atoms with E-state index in [1.807, 2.05) is 6.92 Å². The van der Waals surface area contributed by atoms with Gasteiger partial charge in [-0.25, -0.2) is 8.42 Å². The molecule has 6 nitrogen and oxygen atoms in total. The molecule has 0 aliphatic rings. The summed E-state index contributed by atoms with van der Waals surface area (Å²) in [6.45, 7) is 2.46. The highest BCUT2D eigenvalue weighted by Gasteiger charge is 2.12. The molecule has 2 rings (SSSR count). The predicted octanol–water partition coefficient (Wildman–Crippen LogP) is 3.10. The number of carbonyl (C=O) groups excluding carboxylic acids is 1. The molecule has 26 heavy (non-hydrogen) atoms. The second kappa shape index (κ2) is 9.56. The Bertz CT molecular complexity index is 821. The lowest BCUT2D eigenvalue weighted by Gasteiger charge is -2.12. The van der Waals surface area contributed by atoms with Gasteiger partial charge in [-0.3, -0.25) is 4.79 Å². The number of hydrogen-bond donors (Lipinski definition) is 2. The molecule has 0 heterocycles. The highest BCUT2D eigenvalue weighted by molar-refractivity contribution is 7.90. The van der Waals surface area contributed by atoms with Crippen LogP contribution in [0, 0.1) is 5.92 Å². The lowest BCUT2D eigenvalue weighted by Crippen LogP contribution is -2.28. The molecule has 1 amide bonds. The third-order valence-electron chi connectivity index (χ3n) is 3.57. The largest absolute Gasteiger partial charge is 0.457 e. The lowest BCUT2D eigenvalue weighted by atomic mass is 10.1. The zero-order chi connectivity index (χ0) is 18.4. The van der Waals surface area contributed by atoms with E-state index in [0.29, 0.717) is 23.7 Å². The van der Waals surface area contributed by atoms with Crippen LogP contribution in [0.25, 0.3) is 0 Å². The summed E-state index contributed by atoms with van der Waals surface area (Å²) >= 11 is 0. The van der Waals surface area contributed by atoms with Crippen molar-refractivity contribution in [1.29, 1.82) is 0 Å². The van der Waals surface area contributed by atoms with Crippen LogP contribution in [0.5, 0.6) is 11.5 Å². The molecule has 0 bridgehead atoms. The monoisotopic (exact) mass is 398 g/mol. The van der Waals surface area contributed by atoms with Gasteiger partial charge in [0.2, 0.25) is 5.91 Å². The molecule has 2 aromatic carbocycles. The summed E-state index contributed by atoms with van der Waals surface area (Å²) in [4.78, 5) is 12.2. The zero-order valence-electron chi connectivity index (χ0n) is 14.9. The topological polar surface area (TPSA) is 84.5 Å². The summed E-state index contributed by atoms with van der Waals surface area (Å²) in [5.41, 5.74) is 0.688. The van der Waals surface area contributed by atoms with E-state index < -0.39 is 9.84 Å². The van der Waals surface area contributed by atoms with Crippen molar-refractivity contribution < 1.29 is 17.9 Å². The predicted molar refractivity (Wildman–Crippen MR) is 105 cm³/mol. The number of carbonyl (C=O) groups is 1. The van der Waals surface area contributed by atoms with Crippen molar-refractivity contribution in [2.45, 2.75) is 11.8 Å². The summed E-state index contributed by atoms with van der Waals surface area (Å²) in [6, 6.07) is 13.2. The van der Waals surface area contributed by atoms with E-state index in [1.165, 1.54) is 12.1 Å². The molecule has 2 aromatic rings. The van der Waals surface area contributed by atoms with Gasteiger partial charge >= 0.3 is 0 Å². The minimum atomic E-state index is -3.22. The van der Waals surface area contributed by atoms with E-state index in [9.17, 15) is 13.2 Å². The lowest BCUT2D eigenvalue weighted by molar-refractivity contribution is -0.119. The van der Waals surface area contributed by atoms with Crippen molar-refractivity contribution in [1.82, 2.24) is 5.32 Å². The molecule has 2 N–H and O–H groups in total. The van der Waals surface area contributed by atoms with E-state index in [1.54, 1.807) is 43.4 Å². The third-order valence-corrected chi connectivity index (χ3v) is 4.70. The van der Waals surface area contributed by atoms with Gasteiger partial charge in [0.1, 0.15) is 11.5 Å². The van der Waals surface area contributed by atoms with Gasteiger partial charge in [0.15, 0.2) is 9.84 Å². The van der Waals surface area contributed by atoms with E-state index in [4.69, 9.17) is 4.74 Å². The highest BCUT2D eigenvalue weighted by Crippen LogP contribution is 2.24. The van der Waals surface area contributed by atoms with Crippen LogP contribution in [0.3, 0.4) is 0 Å². The number of sulfone groups is 1. The number of amides is 1. The van der Waals surface area contributed by atoms with Gasteiger partial charge in [0.25, 0.3) is 0 Å². The molecule has 0 radical (unpaired) electrons. The minimum Gasteiger partial charge on any atom is -0.457 e. The Balaban J connectivity index is 0.00000338. The summed E-state index contributed by atoms with van der Waals surface area (Å²) < 4.78 is 28.5. The molecule has 0 spiro atoms. The molecular weight excluding hydrogens is 376 g/mol. The van der Waals surface area contributed by atoms with Crippen molar-refractivity contribution in [2.24, 2.45) is 5.92 Å². The highest BCUT2D eigenvalue weighted by atomic mass is 35.5. The molecule has 0 saturated heterocycles. The molecule has 0 fully saturated rings. The Morgan fingerprint density at radius 1 is 1.04 bits per heavy atom. The molecule has 1 atom stereocenters. The van der Waals surface area contributed by atoms with Crippen LogP contribution in [0.1, 0.15) is 6.92 Å². The van der Waals surface area contributed by atoms with Crippen molar-refractivity contribution in [3.63, 3.8) is 0 Å². The number of hydrogen-bond acceptors (Lipinski definition) is 5. The maximum atomic E-state index is 12.0. The minimum absolute atomic E-state index is 0. The first-order chi connectivity index (χ1) is 11.8. The number of rotatable bonds is 7. The first kappa shape index (κ1) is 22.0. The average Bonchev–Trinajstić information content (AvgIpc) is 2.56. The maximum absolute atomic E-state index is 12.0. The molecular formula is C18H23ClN2O4S. The molecule has 0 aliphatic carbocycles. The average molecular weight is 399 g/mol. The van der Waals surface area contributed by atoms with Crippen LogP contribution in [0.2, 0.25) is 0 Å². The number of anilines is 1. The van der Waals surface area contributed by atoms with Crippen molar-refractivity contribution >= 4 is 33.8 Å². The molecule has 1 unspecified atom stereocenters. The van der Waals surface area contributed by atoms with Gasteiger partial charge in [0, 0.05) is 24.4 Å². The molecule has 0 aliphatic heterocycles. The van der Waals surface area contributed by atoms with Gasteiger partial charge in [-0.2, -0.15) is 0 Å². The van der Waals surface area contributed by atoms with Gasteiger partial charge in [-0.15, -0.1) is 12.4 Å². The number of nitrogens with one attached hydrogen (secondary N) is 2. The Labute approximate surface area is 160 Å². The number of benzene rings is 2. The molecule has 0 saturated carbocycles. The van der Waals surface area contributed by atoms with Gasteiger partial charge < -0.3 is 15.4 Å². The standard InChI is InChI=1S/C18H22N2O4S.ClH/c1-13(12-19-2)18(21)20-14-4-6-15(7-5-14)24-16-8-10-17(11-9-16)25(3,22)23;/h4-11,13,19H,12H2,1-3H3,(H,20,21);1H. The second-order valence-electron chi connectivity index (χ2n) is 5.82. The van der Waals surface area contributed by atoms with Gasteiger partial charge in [0.05, 0.1) is 4.90 Å². The Hall–Kier alpha value is -2.09. The van der Waals surface area contributed by atoms with Crippen molar-refractivity contribution in [3.05, 3.63) is 48.5 Å². The third kappa shape index (κ3) is 6.33. The second-order valence-corrected chi connectivity index (χ2v) is 7.83. The van der Waals surface area contributed by atoms with Crippen LogP contribution < -0.4 is 15.4 Å². The van der Waals surface area contributed by atoms with E-state index in [2.05, 4.69) is 10.6 Å². The maximum Gasteiger partial charge on any atom is 0.228 e. The Morgan fingerprint density at radius 3 is 2.00 bits per heavy atom. The first-order valence-electron chi connectivity index (χ1n) is 7.83. The van der Waals surface area contributed by atoms with Gasteiger partial charge in [-0.1, -0.05) is 6.92 Å². The smallest absolute Gasteiger partial charge is 0.228 e. The SMILES string of the molecule is CNCC(C)C(=O)Nc1ccc(Oc2ccc(S(C)(=O)=O)cc2)cc1.Cl. The van der Waals surface area contributed by atoms with Crippen LogP contribution in [0.4, 0.5) is 5.69 Å². The summed E-state index contributed by atoms with van der Waals surface area (Å²) in [7, 11) is -1.42. The van der Waals surface area contributed by atoms with Crippen LogP contribution in [0.15, 0.2) is 53.4 Å². The normalized spacial score (nSPS) is 12.0. The molecule has 0 aromatic heterocycles. The number of ether oxygens (including phenoxy) is 1. The van der Waals surface area contributed by atoms with Crippen LogP contribution in [-0.4, -0.2) is 34.2 Å². The van der Waals surface area contributed by atoms with Crippen molar-refractivity contribution in [3.8, 4) is 11.5 Å². The first-order valence-corrected chi connectivity index (χ1v) is 9.72. The summed E-state index contributed by atoms with van der Waals surface area (Å²) in [5.74, 6) is 0.939. The van der Waals surface area contributed by atoms with Crippen LogP contribution in [-0.2, 0) is 14.6 Å². The van der Waals surface area contributed by atoms with E-state index in [-0.39, 0.29) is 29.1 Å². The Kier molecular flexibility index (Phi) is 8.08. The van der Waals surface area contributed by atoms with Crippen molar-refractivity contribution in [2.75, 3.05) is 25.2 Å². The zero-order valence-corrected chi connectivity index (χ0v) is 16.5. The fraction of sp³-hybridized carbons (Fsp3) is 0.278. The van der Waals surface area contributed by atoms with E-state index >= 15 is 0 Å². The molecule has 142 valence electrons. The van der Waals surface area contributed by atoms with Gasteiger partial charge in [-0.05, 0) is 55.6 Å². The fourth-order valence-electron chi connectivity index (χ4n) is 2.16. The Morgan fingerprint density at radius 2 is 1.54 bits per heavy atom. The quantitative estimate of drug-likeness (QED) is 0.748. The number of halogens is 1. The molecule has 8 heteroatoms. The van der Waals surface area contributed by atoms with Crippen LogP contribution >= 0.6 is 12.4 Å². The van der Waals surface area contributed by atoms with E-state index in [0.717, 1.165) is 6.26 Å².